The third-order valence-corrected chi connectivity index (χ3v) is 4.43. The summed E-state index contributed by atoms with van der Waals surface area (Å²) in [5, 5.41) is 7.20. The maximum absolute atomic E-state index is 12.1. The van der Waals surface area contributed by atoms with Gasteiger partial charge in [0.15, 0.2) is 6.61 Å². The van der Waals surface area contributed by atoms with Gasteiger partial charge >= 0.3 is 0 Å². The SMILES string of the molecule is Cn1cc(C=NNC(=O)COc2cccc3ccccc23)c2ccccc21. The van der Waals surface area contributed by atoms with E-state index in [0.717, 1.165) is 27.2 Å². The molecular weight excluding hydrogens is 338 g/mol. The lowest BCUT2D eigenvalue weighted by Gasteiger charge is -2.08. The maximum atomic E-state index is 12.1. The Balaban J connectivity index is 1.40. The van der Waals surface area contributed by atoms with Crippen molar-refractivity contribution in [3.8, 4) is 5.75 Å². The standard InChI is InChI=1S/C22H19N3O2/c1-25-14-17(18-9-4-5-11-20(18)25)13-23-24-22(26)15-27-21-12-6-8-16-7-2-3-10-19(16)21/h2-14H,15H2,1H3,(H,24,26). The number of ether oxygens (including phenoxy) is 1. The summed E-state index contributed by atoms with van der Waals surface area (Å²) in [6.07, 6.45) is 3.63. The lowest BCUT2D eigenvalue weighted by molar-refractivity contribution is -0.123. The predicted octanol–water partition coefficient (Wildman–Crippen LogP) is 3.86. The fourth-order valence-corrected chi connectivity index (χ4v) is 3.15. The minimum Gasteiger partial charge on any atom is -0.483 e. The van der Waals surface area contributed by atoms with Crippen molar-refractivity contribution in [1.29, 1.82) is 0 Å². The van der Waals surface area contributed by atoms with Crippen LogP contribution in [-0.4, -0.2) is 23.3 Å². The molecule has 4 rings (SSSR count). The summed E-state index contributed by atoms with van der Waals surface area (Å²) in [6.45, 7) is -0.0963. The van der Waals surface area contributed by atoms with Gasteiger partial charge in [-0.25, -0.2) is 5.43 Å². The Bertz CT molecular complexity index is 1140. The van der Waals surface area contributed by atoms with Crippen molar-refractivity contribution >= 4 is 33.8 Å². The molecule has 0 atom stereocenters. The number of amides is 1. The summed E-state index contributed by atoms with van der Waals surface area (Å²) in [5.41, 5.74) is 4.58. The second-order valence-electron chi connectivity index (χ2n) is 6.27. The molecule has 134 valence electrons. The van der Waals surface area contributed by atoms with Crippen molar-refractivity contribution in [2.45, 2.75) is 0 Å². The summed E-state index contributed by atoms with van der Waals surface area (Å²) in [7, 11) is 1.98. The van der Waals surface area contributed by atoms with Crippen LogP contribution in [0, 0.1) is 0 Å². The van der Waals surface area contributed by atoms with Crippen molar-refractivity contribution in [3.63, 3.8) is 0 Å². The summed E-state index contributed by atoms with van der Waals surface area (Å²) in [5.74, 6) is 0.376. The number of fused-ring (bicyclic) bond motifs is 2. The number of hydrogen-bond donors (Lipinski definition) is 1. The molecule has 5 nitrogen and oxygen atoms in total. The Labute approximate surface area is 156 Å². The smallest absolute Gasteiger partial charge is 0.277 e. The number of rotatable bonds is 5. The largest absolute Gasteiger partial charge is 0.483 e. The monoisotopic (exact) mass is 357 g/mol. The summed E-state index contributed by atoms with van der Waals surface area (Å²) >= 11 is 0. The number of para-hydroxylation sites is 1. The molecule has 0 saturated carbocycles. The molecule has 3 aromatic carbocycles. The molecule has 0 saturated heterocycles. The third kappa shape index (κ3) is 3.53. The zero-order valence-electron chi connectivity index (χ0n) is 14.9. The van der Waals surface area contributed by atoms with Crippen molar-refractivity contribution in [1.82, 2.24) is 9.99 Å². The summed E-state index contributed by atoms with van der Waals surface area (Å²) in [4.78, 5) is 12.1. The van der Waals surface area contributed by atoms with Gasteiger partial charge in [-0.2, -0.15) is 5.10 Å². The molecule has 1 aromatic heterocycles. The number of carbonyl (C=O) groups excluding carboxylic acids is 1. The molecule has 4 aromatic rings. The second-order valence-corrected chi connectivity index (χ2v) is 6.27. The van der Waals surface area contributed by atoms with Gasteiger partial charge < -0.3 is 9.30 Å². The van der Waals surface area contributed by atoms with Gasteiger partial charge in [-0.15, -0.1) is 0 Å². The van der Waals surface area contributed by atoms with Crippen LogP contribution in [0.2, 0.25) is 0 Å². The van der Waals surface area contributed by atoms with Crippen LogP contribution in [0.3, 0.4) is 0 Å². The third-order valence-electron chi connectivity index (χ3n) is 4.43. The van der Waals surface area contributed by atoms with Crippen LogP contribution in [0.4, 0.5) is 0 Å². The van der Waals surface area contributed by atoms with Crippen molar-refractivity contribution in [2.75, 3.05) is 6.61 Å². The summed E-state index contributed by atoms with van der Waals surface area (Å²) < 4.78 is 7.70. The lowest BCUT2D eigenvalue weighted by Crippen LogP contribution is -2.24. The first-order valence-electron chi connectivity index (χ1n) is 8.69. The van der Waals surface area contributed by atoms with Gasteiger partial charge in [0.2, 0.25) is 0 Å². The highest BCUT2D eigenvalue weighted by molar-refractivity contribution is 5.99. The van der Waals surface area contributed by atoms with Gasteiger partial charge in [0.05, 0.1) is 6.21 Å². The van der Waals surface area contributed by atoms with Gasteiger partial charge in [-0.1, -0.05) is 54.6 Å². The van der Waals surface area contributed by atoms with Crippen LogP contribution >= 0.6 is 0 Å². The molecule has 0 aliphatic carbocycles. The van der Waals surface area contributed by atoms with Crippen molar-refractivity contribution < 1.29 is 9.53 Å². The Morgan fingerprint density at radius 1 is 1.04 bits per heavy atom. The normalized spacial score (nSPS) is 11.3. The quantitative estimate of drug-likeness (QED) is 0.436. The van der Waals surface area contributed by atoms with Crippen LogP contribution in [0.25, 0.3) is 21.7 Å². The number of hydrogen-bond acceptors (Lipinski definition) is 3. The minimum absolute atomic E-state index is 0.0963. The van der Waals surface area contributed by atoms with E-state index in [2.05, 4.69) is 10.5 Å². The van der Waals surface area contributed by atoms with Crippen molar-refractivity contribution in [3.05, 3.63) is 78.5 Å². The Morgan fingerprint density at radius 2 is 1.78 bits per heavy atom. The van der Waals surface area contributed by atoms with E-state index in [1.165, 1.54) is 0 Å². The second kappa shape index (κ2) is 7.33. The molecular formula is C22H19N3O2. The predicted molar refractivity (Wildman–Crippen MR) is 108 cm³/mol. The summed E-state index contributed by atoms with van der Waals surface area (Å²) in [6, 6.07) is 21.7. The van der Waals surface area contributed by atoms with Crippen LogP contribution < -0.4 is 10.2 Å². The average Bonchev–Trinajstić information content (AvgIpc) is 3.02. The van der Waals surface area contributed by atoms with Gasteiger partial charge in [-0.3, -0.25) is 4.79 Å². The van der Waals surface area contributed by atoms with E-state index >= 15 is 0 Å². The zero-order chi connectivity index (χ0) is 18.6. The Morgan fingerprint density at radius 3 is 2.67 bits per heavy atom. The maximum Gasteiger partial charge on any atom is 0.277 e. The topological polar surface area (TPSA) is 55.6 Å². The number of carbonyl (C=O) groups is 1. The van der Waals surface area contributed by atoms with Gasteiger partial charge in [0.25, 0.3) is 5.91 Å². The van der Waals surface area contributed by atoms with Crippen LogP contribution in [0.15, 0.2) is 78.0 Å². The molecule has 0 fully saturated rings. The molecule has 0 unspecified atom stereocenters. The molecule has 0 radical (unpaired) electrons. The molecule has 1 heterocycles. The lowest BCUT2D eigenvalue weighted by atomic mass is 10.1. The van der Waals surface area contributed by atoms with Gasteiger partial charge in [0.1, 0.15) is 5.75 Å². The number of aromatic nitrogens is 1. The zero-order valence-corrected chi connectivity index (χ0v) is 14.9. The number of nitrogens with zero attached hydrogens (tertiary/aromatic N) is 2. The van der Waals surface area contributed by atoms with E-state index in [9.17, 15) is 4.79 Å². The van der Waals surface area contributed by atoms with E-state index in [0.29, 0.717) is 5.75 Å². The molecule has 1 amide bonds. The molecule has 0 spiro atoms. The molecule has 0 aliphatic heterocycles. The average molecular weight is 357 g/mol. The van der Waals surface area contributed by atoms with Crippen LogP contribution in [0.1, 0.15) is 5.56 Å². The molecule has 1 N–H and O–H groups in total. The van der Waals surface area contributed by atoms with Crippen LogP contribution in [0.5, 0.6) is 5.75 Å². The van der Waals surface area contributed by atoms with E-state index in [-0.39, 0.29) is 12.5 Å². The molecule has 5 heteroatoms. The highest BCUT2D eigenvalue weighted by Crippen LogP contribution is 2.25. The van der Waals surface area contributed by atoms with Gasteiger partial charge in [0, 0.05) is 35.1 Å². The number of benzene rings is 3. The fraction of sp³-hybridized carbons (Fsp3) is 0.0909. The Hall–Kier alpha value is -3.60. The van der Waals surface area contributed by atoms with E-state index < -0.39 is 0 Å². The highest BCUT2D eigenvalue weighted by Gasteiger charge is 2.06. The highest BCUT2D eigenvalue weighted by atomic mass is 16.5. The molecule has 27 heavy (non-hydrogen) atoms. The van der Waals surface area contributed by atoms with Gasteiger partial charge in [-0.05, 0) is 17.5 Å². The molecule has 0 aliphatic rings. The fourth-order valence-electron chi connectivity index (χ4n) is 3.15. The van der Waals surface area contributed by atoms with E-state index in [1.807, 2.05) is 84.5 Å². The number of aryl methyl sites for hydroxylation is 1. The first-order chi connectivity index (χ1) is 13.2. The number of nitrogens with one attached hydrogen (secondary N) is 1. The first-order valence-corrected chi connectivity index (χ1v) is 8.69. The van der Waals surface area contributed by atoms with E-state index in [4.69, 9.17) is 4.74 Å². The van der Waals surface area contributed by atoms with Crippen molar-refractivity contribution in [2.24, 2.45) is 12.1 Å². The number of hydrazone groups is 1. The van der Waals surface area contributed by atoms with E-state index in [1.54, 1.807) is 6.21 Å². The first kappa shape index (κ1) is 16.8. The Kier molecular flexibility index (Phi) is 4.58. The van der Waals surface area contributed by atoms with Crippen LogP contribution in [-0.2, 0) is 11.8 Å². The molecule has 0 bridgehead atoms. The minimum atomic E-state index is -0.306.